The summed E-state index contributed by atoms with van der Waals surface area (Å²) in [6.45, 7) is 3.36. The summed E-state index contributed by atoms with van der Waals surface area (Å²) in [7, 11) is -4.82. The molecule has 1 rings (SSSR count). The maximum absolute atomic E-state index is 12.5. The Hall–Kier alpha value is -2.14. The molecule has 0 aliphatic heterocycles. The minimum absolute atomic E-state index is 0.0323. The first-order chi connectivity index (χ1) is 27.5. The number of hydrogen-bond donors (Lipinski definition) is 4. The molecule has 0 unspecified atom stereocenters. The van der Waals surface area contributed by atoms with Crippen LogP contribution in [-0.2, 0) is 32.9 Å². The van der Waals surface area contributed by atoms with E-state index in [1.165, 1.54) is 83.5 Å². The highest BCUT2D eigenvalue weighted by Gasteiger charge is 2.39. The molecule has 11 nitrogen and oxygen atoms in total. The van der Waals surface area contributed by atoms with Crippen LogP contribution < -0.4 is 0 Å². The van der Waals surface area contributed by atoms with Crippen LogP contribution in [0.1, 0.15) is 187 Å². The Balaban J connectivity index is 2.24. The highest BCUT2D eigenvalue weighted by molar-refractivity contribution is 7.46. The van der Waals surface area contributed by atoms with Gasteiger partial charge >= 0.3 is 19.8 Å². The topological polar surface area (TPSA) is 177 Å². The van der Waals surface area contributed by atoms with Crippen molar-refractivity contribution in [2.24, 2.45) is 11.8 Å². The van der Waals surface area contributed by atoms with Gasteiger partial charge in [-0.2, -0.15) is 0 Å². The smallest absolute Gasteiger partial charge is 0.462 e. The molecule has 0 heterocycles. The standard InChI is InChI=1S/C45H79O11P/c1-3-5-7-8-9-10-11-12-13-14-15-16-17-18-19-20-21-22-28-32-45(50)56-39(37-55-57(51,52)53)36-54-44(49)31-27-24-23-26-30-40-41(43(48)35-42(40)47)34-33-38(46)29-25-6-4-2/h12-13,23,26,33-34,38-42,46-47H,3-11,14-22,24-25,27-32,35-37H2,1-2H3,(H2,51,52,53)/b13-12-,26-23-,34-33+/t38-,39+,40+,41+,42-/m0/s1. The van der Waals surface area contributed by atoms with Crippen molar-refractivity contribution >= 4 is 25.5 Å². The molecule has 1 aliphatic carbocycles. The normalized spacial score (nSPS) is 18.6. The fourth-order valence-corrected chi connectivity index (χ4v) is 7.42. The van der Waals surface area contributed by atoms with Crippen molar-refractivity contribution in [3.8, 4) is 0 Å². The molecular formula is C45H79O11P. The van der Waals surface area contributed by atoms with Gasteiger partial charge in [-0.3, -0.25) is 18.9 Å². The van der Waals surface area contributed by atoms with E-state index < -0.39 is 50.6 Å². The lowest BCUT2D eigenvalue weighted by Gasteiger charge is -2.18. The summed E-state index contributed by atoms with van der Waals surface area (Å²) < 4.78 is 26.4. The number of ketones is 1. The van der Waals surface area contributed by atoms with E-state index in [-0.39, 0.29) is 37.6 Å². The summed E-state index contributed by atoms with van der Waals surface area (Å²) in [6, 6.07) is 0. The van der Waals surface area contributed by atoms with Crippen LogP contribution in [0.3, 0.4) is 0 Å². The average Bonchev–Trinajstić information content (AvgIpc) is 3.44. The Morgan fingerprint density at radius 1 is 0.719 bits per heavy atom. The van der Waals surface area contributed by atoms with E-state index in [1.54, 1.807) is 12.2 Å². The van der Waals surface area contributed by atoms with Crippen LogP contribution in [-0.4, -0.2) is 69.2 Å². The van der Waals surface area contributed by atoms with Crippen molar-refractivity contribution in [1.82, 2.24) is 0 Å². The SMILES string of the molecule is CCCCCCCC/C=C\CCCCCCCCCCCC(=O)O[C@H](COC(=O)CCC/C=C\C[C@H]1[C@@H](O)CC(=O)[C@@H]1/C=C/[C@@H](O)CCCCC)COP(=O)(O)O. The van der Waals surface area contributed by atoms with Gasteiger partial charge in [-0.05, 0) is 57.8 Å². The molecular weight excluding hydrogens is 747 g/mol. The van der Waals surface area contributed by atoms with Crippen molar-refractivity contribution in [2.75, 3.05) is 13.2 Å². The molecule has 1 saturated carbocycles. The van der Waals surface area contributed by atoms with Crippen LogP contribution in [0.4, 0.5) is 0 Å². The predicted molar refractivity (Wildman–Crippen MR) is 226 cm³/mol. The Morgan fingerprint density at radius 2 is 1.25 bits per heavy atom. The first-order valence-corrected chi connectivity index (χ1v) is 23.9. The van der Waals surface area contributed by atoms with Gasteiger partial charge in [-0.1, -0.05) is 147 Å². The van der Waals surface area contributed by atoms with Gasteiger partial charge in [0, 0.05) is 31.1 Å². The fraction of sp³-hybridized carbons (Fsp3) is 0.800. The molecule has 1 fully saturated rings. The van der Waals surface area contributed by atoms with E-state index in [0.717, 1.165) is 38.5 Å². The van der Waals surface area contributed by atoms with Crippen molar-refractivity contribution in [1.29, 1.82) is 0 Å². The molecule has 5 atom stereocenters. The van der Waals surface area contributed by atoms with E-state index in [4.69, 9.17) is 19.3 Å². The molecule has 0 aromatic carbocycles. The summed E-state index contributed by atoms with van der Waals surface area (Å²) in [5.74, 6) is -1.82. The fourth-order valence-electron chi connectivity index (χ4n) is 7.05. The number of carbonyl (C=O) groups excluding carboxylic acids is 3. The Morgan fingerprint density at radius 3 is 1.86 bits per heavy atom. The summed E-state index contributed by atoms with van der Waals surface area (Å²) >= 11 is 0. The van der Waals surface area contributed by atoms with Gasteiger partial charge < -0.3 is 29.5 Å². The number of ether oxygens (including phenoxy) is 2. The van der Waals surface area contributed by atoms with Gasteiger partial charge in [0.25, 0.3) is 0 Å². The Bertz CT molecular complexity index is 1180. The van der Waals surface area contributed by atoms with Crippen molar-refractivity contribution in [2.45, 2.75) is 206 Å². The second kappa shape index (κ2) is 34.7. The van der Waals surface area contributed by atoms with E-state index >= 15 is 0 Å². The summed E-state index contributed by atoms with van der Waals surface area (Å²) in [4.78, 5) is 55.6. The third kappa shape index (κ3) is 30.5. The van der Waals surface area contributed by atoms with Gasteiger partial charge in [0.2, 0.25) is 0 Å². The summed E-state index contributed by atoms with van der Waals surface area (Å²) in [6.07, 6.45) is 35.1. The second-order valence-corrected chi connectivity index (χ2v) is 17.0. The summed E-state index contributed by atoms with van der Waals surface area (Å²) in [5, 5.41) is 20.6. The quantitative estimate of drug-likeness (QED) is 0.0203. The lowest BCUT2D eigenvalue weighted by molar-refractivity contribution is -0.161. The third-order valence-electron chi connectivity index (χ3n) is 10.5. The average molecular weight is 827 g/mol. The minimum atomic E-state index is -4.82. The van der Waals surface area contributed by atoms with E-state index in [2.05, 4.69) is 30.5 Å². The number of unbranched alkanes of at least 4 members (excludes halogenated alkanes) is 18. The van der Waals surface area contributed by atoms with Crippen LogP contribution in [0.25, 0.3) is 0 Å². The first kappa shape index (κ1) is 52.9. The van der Waals surface area contributed by atoms with E-state index in [0.29, 0.717) is 32.1 Å². The second-order valence-electron chi connectivity index (χ2n) is 15.8. The van der Waals surface area contributed by atoms with Crippen molar-refractivity contribution in [3.63, 3.8) is 0 Å². The number of aliphatic hydroxyl groups is 2. The number of carbonyl (C=O) groups is 3. The molecule has 12 heteroatoms. The lowest BCUT2D eigenvalue weighted by atomic mass is 9.90. The monoisotopic (exact) mass is 827 g/mol. The maximum Gasteiger partial charge on any atom is 0.469 e. The zero-order valence-electron chi connectivity index (χ0n) is 35.5. The zero-order valence-corrected chi connectivity index (χ0v) is 36.3. The number of hydrogen-bond acceptors (Lipinski definition) is 9. The molecule has 4 N–H and O–H groups in total. The molecule has 0 bridgehead atoms. The largest absolute Gasteiger partial charge is 0.469 e. The molecule has 57 heavy (non-hydrogen) atoms. The molecule has 330 valence electrons. The number of esters is 2. The number of rotatable bonds is 37. The van der Waals surface area contributed by atoms with E-state index in [1.807, 2.05) is 12.2 Å². The molecule has 0 saturated heterocycles. The van der Waals surface area contributed by atoms with Crippen molar-refractivity contribution in [3.05, 3.63) is 36.5 Å². The highest BCUT2D eigenvalue weighted by atomic mass is 31.2. The number of aliphatic hydroxyl groups excluding tert-OH is 2. The first-order valence-electron chi connectivity index (χ1n) is 22.4. The van der Waals surface area contributed by atoms with E-state index in [9.17, 15) is 29.2 Å². The molecule has 0 aromatic rings. The Kier molecular flexibility index (Phi) is 32.2. The van der Waals surface area contributed by atoms with Crippen LogP contribution in [0.5, 0.6) is 0 Å². The van der Waals surface area contributed by atoms with Crippen LogP contribution >= 0.6 is 7.82 Å². The number of phosphoric ester groups is 1. The molecule has 0 radical (unpaired) electrons. The van der Waals surface area contributed by atoms with Gasteiger partial charge in [0.05, 0.1) is 18.8 Å². The maximum atomic E-state index is 12.5. The van der Waals surface area contributed by atoms with Gasteiger partial charge in [-0.15, -0.1) is 0 Å². The van der Waals surface area contributed by atoms with Crippen LogP contribution in [0, 0.1) is 11.8 Å². The van der Waals surface area contributed by atoms with Crippen LogP contribution in [0.2, 0.25) is 0 Å². The number of Topliss-reactive ketones (excluding diaryl/α,β-unsaturated/α-hetero) is 1. The molecule has 0 amide bonds. The number of phosphoric acid groups is 1. The Labute approximate surface area is 344 Å². The predicted octanol–water partition coefficient (Wildman–Crippen LogP) is 10.3. The van der Waals surface area contributed by atoms with Gasteiger partial charge in [0.15, 0.2) is 6.10 Å². The van der Waals surface area contributed by atoms with Crippen molar-refractivity contribution < 1.29 is 52.9 Å². The molecule has 0 aromatic heterocycles. The number of allylic oxidation sites excluding steroid dienone is 5. The summed E-state index contributed by atoms with van der Waals surface area (Å²) in [5.41, 5.74) is 0. The van der Waals surface area contributed by atoms with Gasteiger partial charge in [0.1, 0.15) is 12.4 Å². The highest BCUT2D eigenvalue weighted by Crippen LogP contribution is 2.36. The lowest BCUT2D eigenvalue weighted by Crippen LogP contribution is -2.29. The minimum Gasteiger partial charge on any atom is -0.462 e. The molecule has 1 aliphatic rings. The third-order valence-corrected chi connectivity index (χ3v) is 11.0. The zero-order chi connectivity index (χ0) is 42.0. The van der Waals surface area contributed by atoms with Gasteiger partial charge in [-0.25, -0.2) is 4.57 Å². The molecule has 0 spiro atoms. The van der Waals surface area contributed by atoms with Crippen LogP contribution in [0.15, 0.2) is 36.5 Å².